The molecule has 0 saturated heterocycles. The Balaban J connectivity index is 2.06. The van der Waals surface area contributed by atoms with E-state index in [0.717, 1.165) is 18.6 Å². The van der Waals surface area contributed by atoms with Crippen molar-refractivity contribution in [2.75, 3.05) is 6.54 Å². The minimum atomic E-state index is 0.901. The van der Waals surface area contributed by atoms with Crippen molar-refractivity contribution < 1.29 is 0 Å². The van der Waals surface area contributed by atoms with E-state index in [1.54, 1.807) is 0 Å². The van der Waals surface area contributed by atoms with Gasteiger partial charge in [-0.2, -0.15) is 0 Å². The van der Waals surface area contributed by atoms with E-state index in [9.17, 15) is 0 Å². The summed E-state index contributed by atoms with van der Waals surface area (Å²) in [5.74, 6) is 0. The van der Waals surface area contributed by atoms with Gasteiger partial charge in [0.15, 0.2) is 0 Å². The molecule has 2 heteroatoms. The Labute approximate surface area is 119 Å². The normalized spacial score (nSPS) is 10.8. The summed E-state index contributed by atoms with van der Waals surface area (Å²) >= 11 is 0. The van der Waals surface area contributed by atoms with Gasteiger partial charge in [-0.25, -0.2) is 0 Å². The number of nitrogens with zero attached hydrogens (tertiary/aromatic N) is 1. The highest BCUT2D eigenvalue weighted by Crippen LogP contribution is 2.26. The summed E-state index contributed by atoms with van der Waals surface area (Å²) in [4.78, 5) is 4.38. The average molecular weight is 262 g/mol. The van der Waals surface area contributed by atoms with E-state index >= 15 is 0 Å². The highest BCUT2D eigenvalue weighted by atomic mass is 14.8. The Morgan fingerprint density at radius 2 is 1.90 bits per heavy atom. The summed E-state index contributed by atoms with van der Waals surface area (Å²) < 4.78 is 0. The molecule has 0 spiro atoms. The Kier molecular flexibility index (Phi) is 3.75. The average Bonchev–Trinajstić information content (AvgIpc) is 2.53. The van der Waals surface area contributed by atoms with Crippen LogP contribution in [0.3, 0.4) is 0 Å². The molecule has 20 heavy (non-hydrogen) atoms. The molecule has 0 unspecified atom stereocenters. The monoisotopic (exact) mass is 262 g/mol. The van der Waals surface area contributed by atoms with Crippen molar-refractivity contribution in [1.82, 2.24) is 10.3 Å². The summed E-state index contributed by atoms with van der Waals surface area (Å²) in [6.45, 7) is 4.01. The molecular weight excluding hydrogens is 244 g/mol. The maximum Gasteiger partial charge on any atom is 0.0702 e. The number of hydrogen-bond acceptors (Lipinski definition) is 2. The molecule has 0 radical (unpaired) electrons. The number of aromatic nitrogens is 1. The first-order valence-electron chi connectivity index (χ1n) is 7.02. The first kappa shape index (κ1) is 12.8. The summed E-state index contributed by atoms with van der Waals surface area (Å²) in [5.41, 5.74) is 4.91. The number of benzene rings is 2. The first-order chi connectivity index (χ1) is 9.88. The SMILES string of the molecule is CCNCc1ccccc1-c1ccc2ncccc2c1. The lowest BCUT2D eigenvalue weighted by Crippen LogP contribution is -2.12. The fraction of sp³-hybridized carbons (Fsp3) is 0.167. The van der Waals surface area contributed by atoms with Gasteiger partial charge in [-0.05, 0) is 41.4 Å². The van der Waals surface area contributed by atoms with Crippen LogP contribution in [0.2, 0.25) is 0 Å². The van der Waals surface area contributed by atoms with Crippen molar-refractivity contribution in [3.63, 3.8) is 0 Å². The lowest BCUT2D eigenvalue weighted by Gasteiger charge is -2.10. The molecule has 0 atom stereocenters. The molecule has 0 bridgehead atoms. The van der Waals surface area contributed by atoms with Crippen LogP contribution in [0.1, 0.15) is 12.5 Å². The van der Waals surface area contributed by atoms with Gasteiger partial charge >= 0.3 is 0 Å². The van der Waals surface area contributed by atoms with E-state index in [-0.39, 0.29) is 0 Å². The number of nitrogens with one attached hydrogen (secondary N) is 1. The molecule has 2 aromatic carbocycles. The molecule has 2 nitrogen and oxygen atoms in total. The molecule has 0 aliphatic carbocycles. The van der Waals surface area contributed by atoms with Crippen LogP contribution in [0.15, 0.2) is 60.8 Å². The second-order valence-electron chi connectivity index (χ2n) is 4.85. The van der Waals surface area contributed by atoms with E-state index in [2.05, 4.69) is 65.8 Å². The van der Waals surface area contributed by atoms with E-state index < -0.39 is 0 Å². The maximum atomic E-state index is 4.38. The summed E-state index contributed by atoms with van der Waals surface area (Å²) in [5, 5.41) is 4.58. The predicted octanol–water partition coefficient (Wildman–Crippen LogP) is 4.01. The Bertz CT molecular complexity index is 719. The van der Waals surface area contributed by atoms with Gasteiger partial charge in [0.2, 0.25) is 0 Å². The van der Waals surface area contributed by atoms with Crippen LogP contribution in [0.4, 0.5) is 0 Å². The number of rotatable bonds is 4. The predicted molar refractivity (Wildman–Crippen MR) is 84.6 cm³/mol. The molecule has 0 saturated carbocycles. The summed E-state index contributed by atoms with van der Waals surface area (Å²) in [6.07, 6.45) is 1.83. The third-order valence-corrected chi connectivity index (χ3v) is 3.50. The molecule has 1 N–H and O–H groups in total. The third-order valence-electron chi connectivity index (χ3n) is 3.50. The Hall–Kier alpha value is -2.19. The smallest absolute Gasteiger partial charge is 0.0702 e. The molecule has 1 heterocycles. The van der Waals surface area contributed by atoms with Crippen molar-refractivity contribution in [2.45, 2.75) is 13.5 Å². The lowest BCUT2D eigenvalue weighted by molar-refractivity contribution is 0.728. The van der Waals surface area contributed by atoms with Crippen LogP contribution in [0.25, 0.3) is 22.0 Å². The Morgan fingerprint density at radius 3 is 2.80 bits per heavy atom. The van der Waals surface area contributed by atoms with E-state index in [1.807, 2.05) is 12.3 Å². The van der Waals surface area contributed by atoms with Crippen molar-refractivity contribution in [3.05, 3.63) is 66.4 Å². The number of hydrogen-bond donors (Lipinski definition) is 1. The van der Waals surface area contributed by atoms with Gasteiger partial charge in [0.25, 0.3) is 0 Å². The van der Waals surface area contributed by atoms with Gasteiger partial charge < -0.3 is 5.32 Å². The molecule has 0 fully saturated rings. The minimum absolute atomic E-state index is 0.901. The highest BCUT2D eigenvalue weighted by molar-refractivity contribution is 5.84. The van der Waals surface area contributed by atoms with Crippen LogP contribution in [0.5, 0.6) is 0 Å². The quantitative estimate of drug-likeness (QED) is 0.768. The molecule has 0 aliphatic rings. The second kappa shape index (κ2) is 5.85. The molecule has 3 aromatic rings. The summed E-state index contributed by atoms with van der Waals surface area (Å²) in [7, 11) is 0. The molecule has 100 valence electrons. The first-order valence-corrected chi connectivity index (χ1v) is 7.02. The molecule has 0 amide bonds. The van der Waals surface area contributed by atoms with Gasteiger partial charge in [-0.3, -0.25) is 4.98 Å². The Morgan fingerprint density at radius 1 is 1.00 bits per heavy atom. The van der Waals surface area contributed by atoms with Gasteiger partial charge in [0.1, 0.15) is 0 Å². The molecule has 0 aliphatic heterocycles. The van der Waals surface area contributed by atoms with E-state index in [1.165, 1.54) is 22.1 Å². The fourth-order valence-electron chi connectivity index (χ4n) is 2.46. The zero-order chi connectivity index (χ0) is 13.8. The van der Waals surface area contributed by atoms with Gasteiger partial charge in [-0.15, -0.1) is 0 Å². The summed E-state index contributed by atoms with van der Waals surface area (Å²) in [6, 6.07) is 19.1. The molecule has 3 rings (SSSR count). The molecular formula is C18H18N2. The zero-order valence-corrected chi connectivity index (χ0v) is 11.6. The van der Waals surface area contributed by atoms with Gasteiger partial charge in [-0.1, -0.05) is 43.3 Å². The fourth-order valence-corrected chi connectivity index (χ4v) is 2.46. The van der Waals surface area contributed by atoms with Crippen molar-refractivity contribution in [1.29, 1.82) is 0 Å². The largest absolute Gasteiger partial charge is 0.313 e. The second-order valence-corrected chi connectivity index (χ2v) is 4.85. The van der Waals surface area contributed by atoms with Crippen molar-refractivity contribution in [3.8, 4) is 11.1 Å². The van der Waals surface area contributed by atoms with Crippen LogP contribution >= 0.6 is 0 Å². The lowest BCUT2D eigenvalue weighted by atomic mass is 9.98. The standard InChI is InChI=1S/C18H18N2/c1-2-19-13-16-6-3-4-8-17(16)14-9-10-18-15(12-14)7-5-11-20-18/h3-12,19H,2,13H2,1H3. The minimum Gasteiger partial charge on any atom is -0.313 e. The van der Waals surface area contributed by atoms with E-state index in [4.69, 9.17) is 0 Å². The molecule has 1 aromatic heterocycles. The van der Waals surface area contributed by atoms with Crippen LogP contribution in [-0.4, -0.2) is 11.5 Å². The number of pyridine rings is 1. The number of fused-ring (bicyclic) bond motifs is 1. The third kappa shape index (κ3) is 2.56. The topological polar surface area (TPSA) is 24.9 Å². The van der Waals surface area contributed by atoms with E-state index in [0.29, 0.717) is 0 Å². The van der Waals surface area contributed by atoms with Crippen molar-refractivity contribution >= 4 is 10.9 Å². The zero-order valence-electron chi connectivity index (χ0n) is 11.6. The highest BCUT2D eigenvalue weighted by Gasteiger charge is 2.05. The van der Waals surface area contributed by atoms with Crippen LogP contribution < -0.4 is 5.32 Å². The van der Waals surface area contributed by atoms with Crippen LogP contribution in [0, 0.1) is 0 Å². The van der Waals surface area contributed by atoms with Crippen LogP contribution in [-0.2, 0) is 6.54 Å². The van der Waals surface area contributed by atoms with Crippen molar-refractivity contribution in [2.24, 2.45) is 0 Å². The van der Waals surface area contributed by atoms with Gasteiger partial charge in [0, 0.05) is 18.1 Å². The maximum absolute atomic E-state index is 4.38. The van der Waals surface area contributed by atoms with Gasteiger partial charge in [0.05, 0.1) is 5.52 Å².